The molecule has 77 heavy (non-hydrogen) atoms. The number of allylic oxidation sites excluding steroid dienone is 12. The summed E-state index contributed by atoms with van der Waals surface area (Å²) in [6.45, 7) is 6.44. The van der Waals surface area contributed by atoms with Crippen LogP contribution in [0.15, 0.2) is 72.9 Å². The molecule has 0 aromatic carbocycles. The largest absolute Gasteiger partial charge is 0.462 e. The number of hydrogen-bond acceptors (Lipinski definition) is 6. The van der Waals surface area contributed by atoms with E-state index in [4.69, 9.17) is 14.2 Å². The molecule has 0 saturated heterocycles. The first-order valence-electron chi connectivity index (χ1n) is 33.4. The van der Waals surface area contributed by atoms with E-state index in [1.807, 2.05) is 0 Å². The second-order valence-corrected chi connectivity index (χ2v) is 22.4. The Morgan fingerprint density at radius 2 is 0.506 bits per heavy atom. The first-order valence-corrected chi connectivity index (χ1v) is 33.4. The van der Waals surface area contributed by atoms with Gasteiger partial charge in [0.1, 0.15) is 13.2 Å². The van der Waals surface area contributed by atoms with Crippen molar-refractivity contribution in [3.05, 3.63) is 72.9 Å². The van der Waals surface area contributed by atoms with Gasteiger partial charge in [-0.1, -0.05) is 325 Å². The van der Waals surface area contributed by atoms with Gasteiger partial charge in [0.25, 0.3) is 0 Å². The van der Waals surface area contributed by atoms with Crippen LogP contribution >= 0.6 is 0 Å². The minimum absolute atomic E-state index is 0.0907. The lowest BCUT2D eigenvalue weighted by molar-refractivity contribution is -0.167. The van der Waals surface area contributed by atoms with Gasteiger partial charge in [-0.3, -0.25) is 14.4 Å². The van der Waals surface area contributed by atoms with Crippen LogP contribution in [-0.4, -0.2) is 37.2 Å². The summed E-state index contributed by atoms with van der Waals surface area (Å²) in [5.41, 5.74) is 0. The summed E-state index contributed by atoms with van der Waals surface area (Å²) in [6, 6.07) is 0. The van der Waals surface area contributed by atoms with E-state index in [9.17, 15) is 14.4 Å². The van der Waals surface area contributed by atoms with Gasteiger partial charge in [0.2, 0.25) is 0 Å². The van der Waals surface area contributed by atoms with Crippen LogP contribution in [0.1, 0.15) is 342 Å². The third-order valence-electron chi connectivity index (χ3n) is 14.7. The predicted octanol–water partition coefficient (Wildman–Crippen LogP) is 22.9. The van der Waals surface area contributed by atoms with Gasteiger partial charge in [-0.25, -0.2) is 0 Å². The van der Waals surface area contributed by atoms with E-state index < -0.39 is 6.10 Å². The Morgan fingerprint density at radius 3 is 0.792 bits per heavy atom. The highest BCUT2D eigenvalue weighted by Gasteiger charge is 2.19. The number of rotatable bonds is 61. The summed E-state index contributed by atoms with van der Waals surface area (Å²) in [4.78, 5) is 37.9. The molecule has 446 valence electrons. The number of unbranched alkanes of at least 4 members (excludes halogenated alkanes) is 38. The lowest BCUT2D eigenvalue weighted by Crippen LogP contribution is -2.30. The van der Waals surface area contributed by atoms with Crippen molar-refractivity contribution in [1.82, 2.24) is 0 Å². The van der Waals surface area contributed by atoms with Gasteiger partial charge in [0, 0.05) is 19.3 Å². The molecule has 0 fully saturated rings. The van der Waals surface area contributed by atoms with E-state index in [0.717, 1.165) is 96.3 Å². The fourth-order valence-electron chi connectivity index (χ4n) is 9.74. The SMILES string of the molecule is CC/C=C\C/C=C\C/C=C\C/C=C\C/C=C\C/C=C\CCCCC(=O)OC(COC(=O)CCCCCCC)COC(=O)CCCCCCCCCCCCCCCCCCCCCCCCCCCCCCCCCCC. The Labute approximate surface area is 478 Å². The van der Waals surface area contributed by atoms with E-state index in [1.54, 1.807) is 0 Å². The average molecular weight is 1080 g/mol. The molecule has 6 nitrogen and oxygen atoms in total. The molecule has 0 N–H and O–H groups in total. The molecule has 0 saturated carbocycles. The van der Waals surface area contributed by atoms with Gasteiger partial charge in [0.15, 0.2) is 6.10 Å². The summed E-state index contributed by atoms with van der Waals surface area (Å²) in [6.07, 6.45) is 85.7. The van der Waals surface area contributed by atoms with Crippen LogP contribution in [0.4, 0.5) is 0 Å². The topological polar surface area (TPSA) is 78.9 Å². The normalized spacial score (nSPS) is 12.5. The van der Waals surface area contributed by atoms with Crippen molar-refractivity contribution >= 4 is 17.9 Å². The number of ether oxygens (including phenoxy) is 3. The lowest BCUT2D eigenvalue weighted by Gasteiger charge is -2.18. The Morgan fingerprint density at radius 1 is 0.273 bits per heavy atom. The van der Waals surface area contributed by atoms with Crippen LogP contribution in [0, 0.1) is 0 Å². The van der Waals surface area contributed by atoms with Crippen LogP contribution in [-0.2, 0) is 28.6 Å². The molecule has 0 rings (SSSR count). The van der Waals surface area contributed by atoms with Crippen molar-refractivity contribution in [3.8, 4) is 0 Å². The van der Waals surface area contributed by atoms with E-state index in [1.165, 1.54) is 199 Å². The highest BCUT2D eigenvalue weighted by atomic mass is 16.6. The van der Waals surface area contributed by atoms with E-state index in [2.05, 4.69) is 93.7 Å². The standard InChI is InChI=1S/C71H126O6/c1-4-7-10-13-15-17-19-21-23-25-27-29-30-31-32-33-34-35-36-37-38-39-40-42-43-45-47-49-51-53-55-58-61-64-70(73)76-67-68(66-75-69(72)63-60-57-12-9-6-3)77-71(74)65-62-59-56-54-52-50-48-46-44-41-28-26-24-22-20-18-16-14-11-8-5-2/h8,11,16,18,22,24,28,41,46,48,52,54,68H,4-7,9-10,12-15,17,19-21,23,25-27,29-40,42-45,47,49-51,53,55-67H2,1-3H3/b11-8-,18-16-,24-22-,41-28-,48-46-,54-52-. The summed E-state index contributed by atoms with van der Waals surface area (Å²) < 4.78 is 16.7. The van der Waals surface area contributed by atoms with Crippen molar-refractivity contribution < 1.29 is 28.6 Å². The molecule has 0 aliphatic carbocycles. The molecule has 0 bridgehead atoms. The predicted molar refractivity (Wildman–Crippen MR) is 335 cm³/mol. The fraction of sp³-hybridized carbons (Fsp3) is 0.789. The molecule has 6 heteroatoms. The maximum Gasteiger partial charge on any atom is 0.306 e. The average Bonchev–Trinajstić information content (AvgIpc) is 3.43. The minimum atomic E-state index is -0.794. The van der Waals surface area contributed by atoms with Gasteiger partial charge in [-0.05, 0) is 70.6 Å². The zero-order valence-electron chi connectivity index (χ0n) is 51.2. The fourth-order valence-corrected chi connectivity index (χ4v) is 9.74. The smallest absolute Gasteiger partial charge is 0.306 e. The Kier molecular flexibility index (Phi) is 62.7. The van der Waals surface area contributed by atoms with Gasteiger partial charge >= 0.3 is 17.9 Å². The number of carbonyl (C=O) groups excluding carboxylic acids is 3. The molecule has 0 aliphatic heterocycles. The summed E-state index contributed by atoms with van der Waals surface area (Å²) in [5, 5.41) is 0. The first kappa shape index (κ1) is 73.8. The van der Waals surface area contributed by atoms with Crippen LogP contribution < -0.4 is 0 Å². The quantitative estimate of drug-likeness (QED) is 0.0261. The first-order chi connectivity index (χ1) is 38.0. The lowest BCUT2D eigenvalue weighted by atomic mass is 10.0. The van der Waals surface area contributed by atoms with E-state index in [-0.39, 0.29) is 37.5 Å². The molecule has 0 spiro atoms. The number of esters is 3. The zero-order valence-corrected chi connectivity index (χ0v) is 51.2. The number of carbonyl (C=O) groups is 3. The van der Waals surface area contributed by atoms with Crippen LogP contribution in [0.2, 0.25) is 0 Å². The van der Waals surface area contributed by atoms with Crippen LogP contribution in [0.3, 0.4) is 0 Å². The van der Waals surface area contributed by atoms with Gasteiger partial charge in [-0.2, -0.15) is 0 Å². The second kappa shape index (κ2) is 65.4. The Balaban J connectivity index is 3.97. The molecule has 1 unspecified atom stereocenters. The molecule has 0 heterocycles. The molecular formula is C71H126O6. The highest BCUT2D eigenvalue weighted by molar-refractivity contribution is 5.71. The van der Waals surface area contributed by atoms with Crippen molar-refractivity contribution in [3.63, 3.8) is 0 Å². The summed E-state index contributed by atoms with van der Waals surface area (Å²) in [7, 11) is 0. The molecular weight excluding hydrogens is 949 g/mol. The van der Waals surface area contributed by atoms with Gasteiger partial charge < -0.3 is 14.2 Å². The third kappa shape index (κ3) is 63.6. The zero-order chi connectivity index (χ0) is 55.7. The number of hydrogen-bond donors (Lipinski definition) is 0. The summed E-state index contributed by atoms with van der Waals surface area (Å²) >= 11 is 0. The molecule has 0 radical (unpaired) electrons. The monoisotopic (exact) mass is 1070 g/mol. The summed E-state index contributed by atoms with van der Waals surface area (Å²) in [5.74, 6) is -0.937. The van der Waals surface area contributed by atoms with Crippen molar-refractivity contribution in [2.45, 2.75) is 348 Å². The third-order valence-corrected chi connectivity index (χ3v) is 14.7. The van der Waals surface area contributed by atoms with Crippen LogP contribution in [0.25, 0.3) is 0 Å². The van der Waals surface area contributed by atoms with Crippen LogP contribution in [0.5, 0.6) is 0 Å². The highest BCUT2D eigenvalue weighted by Crippen LogP contribution is 2.18. The van der Waals surface area contributed by atoms with Gasteiger partial charge in [0.05, 0.1) is 0 Å². The maximum atomic E-state index is 12.8. The minimum Gasteiger partial charge on any atom is -0.462 e. The molecule has 1 atom stereocenters. The van der Waals surface area contributed by atoms with E-state index >= 15 is 0 Å². The Bertz CT molecular complexity index is 1420. The second-order valence-electron chi connectivity index (χ2n) is 22.4. The molecule has 0 aromatic rings. The molecule has 0 aliphatic rings. The Hall–Kier alpha value is -3.15. The molecule has 0 amide bonds. The molecule has 0 aromatic heterocycles. The maximum absolute atomic E-state index is 12.8. The van der Waals surface area contributed by atoms with Gasteiger partial charge in [-0.15, -0.1) is 0 Å². The van der Waals surface area contributed by atoms with Crippen molar-refractivity contribution in [2.75, 3.05) is 13.2 Å². The van der Waals surface area contributed by atoms with E-state index in [0.29, 0.717) is 19.3 Å². The van der Waals surface area contributed by atoms with Crippen molar-refractivity contribution in [2.24, 2.45) is 0 Å². The van der Waals surface area contributed by atoms with Crippen molar-refractivity contribution in [1.29, 1.82) is 0 Å².